The molecule has 4 rings (SSSR count). The van der Waals surface area contributed by atoms with Gasteiger partial charge in [0, 0.05) is 34.3 Å². The summed E-state index contributed by atoms with van der Waals surface area (Å²) in [4.78, 5) is 38.5. The minimum Gasteiger partial charge on any atom is -0.479 e. The molecule has 2 aromatic rings. The van der Waals surface area contributed by atoms with E-state index in [9.17, 15) is 34.8 Å². The number of thiophene rings is 1. The van der Waals surface area contributed by atoms with E-state index in [0.29, 0.717) is 56.5 Å². The van der Waals surface area contributed by atoms with Gasteiger partial charge < -0.3 is 39.5 Å². The van der Waals surface area contributed by atoms with Crippen LogP contribution in [0.25, 0.3) is 10.1 Å². The molecule has 4 unspecified atom stereocenters. The summed E-state index contributed by atoms with van der Waals surface area (Å²) in [5.74, 6) is -1.75. The topological polar surface area (TPSA) is 163 Å². The minimum absolute atomic E-state index is 0.0112. The number of nitrogens with zero attached hydrogens (tertiary/aromatic N) is 1. The zero-order valence-corrected chi connectivity index (χ0v) is 26.6. The summed E-state index contributed by atoms with van der Waals surface area (Å²) in [5.41, 5.74) is 0. The Kier molecular flexibility index (Phi) is 13.0. The number of rotatable bonds is 14. The molecular formula is C32H40ClNO10S. The van der Waals surface area contributed by atoms with Crippen molar-refractivity contribution >= 4 is 50.9 Å². The molecule has 13 heteroatoms. The first-order chi connectivity index (χ1) is 21.6. The van der Waals surface area contributed by atoms with Crippen molar-refractivity contribution in [2.75, 3.05) is 13.7 Å². The second-order valence-corrected chi connectivity index (χ2v) is 12.6. The highest BCUT2D eigenvalue weighted by Gasteiger charge is 2.48. The first-order valence-corrected chi connectivity index (χ1v) is 16.2. The molecule has 2 fully saturated rings. The molecule has 2 saturated heterocycles. The van der Waals surface area contributed by atoms with Crippen molar-refractivity contribution in [3.05, 3.63) is 58.5 Å². The molecule has 0 bridgehead atoms. The number of halogens is 1. The van der Waals surface area contributed by atoms with Crippen LogP contribution in [0, 0.1) is 0 Å². The maximum absolute atomic E-state index is 12.8. The number of benzene rings is 1. The number of carbonyl (C=O) groups is 3. The first-order valence-electron chi connectivity index (χ1n) is 15.0. The Balaban J connectivity index is 1.49. The van der Waals surface area contributed by atoms with Gasteiger partial charge in [-0.3, -0.25) is 9.59 Å². The SMILES string of the molecule is COC(=O)CCC/C=C\CN1C(=O)CCC[C@@H]1/C=C/C(CCc1sc2ccccc2c1Cl)O[C@@H]1OC(C(=O)O)[C@@H](O)C(O)C1O. The number of esters is 1. The summed E-state index contributed by atoms with van der Waals surface area (Å²) in [5, 5.41) is 42.1. The van der Waals surface area contributed by atoms with Gasteiger partial charge in [-0.25, -0.2) is 4.79 Å². The number of unbranched alkanes of at least 4 members (excludes halogenated alkanes) is 1. The number of carboxylic acid groups (broad SMARTS) is 1. The molecule has 246 valence electrons. The van der Waals surface area contributed by atoms with Gasteiger partial charge in [-0.05, 0) is 44.6 Å². The number of amides is 1. The van der Waals surface area contributed by atoms with Gasteiger partial charge in [-0.15, -0.1) is 11.3 Å². The number of fused-ring (bicyclic) bond motifs is 1. The number of allylic oxidation sites excluding steroid dienone is 1. The fraction of sp³-hybridized carbons (Fsp3) is 0.531. The summed E-state index contributed by atoms with van der Waals surface area (Å²) in [6, 6.07) is 7.54. The molecule has 0 spiro atoms. The van der Waals surface area contributed by atoms with Crippen LogP contribution >= 0.6 is 22.9 Å². The molecule has 1 amide bonds. The molecule has 0 aliphatic carbocycles. The Bertz CT molecular complexity index is 1380. The highest BCUT2D eigenvalue weighted by molar-refractivity contribution is 7.19. The van der Waals surface area contributed by atoms with Crippen LogP contribution in [-0.4, -0.2) is 99.7 Å². The lowest BCUT2D eigenvalue weighted by atomic mass is 9.98. The monoisotopic (exact) mass is 665 g/mol. The predicted molar refractivity (Wildman–Crippen MR) is 168 cm³/mol. The van der Waals surface area contributed by atoms with Crippen molar-refractivity contribution in [1.82, 2.24) is 4.90 Å². The number of ether oxygens (including phenoxy) is 3. The number of hydrogen-bond acceptors (Lipinski definition) is 10. The van der Waals surface area contributed by atoms with Crippen LogP contribution in [0.5, 0.6) is 0 Å². The van der Waals surface area contributed by atoms with Gasteiger partial charge in [0.1, 0.15) is 18.3 Å². The standard InChI is InChI=1S/C32H40ClNO10S/c1-42-25(36)13-4-2-3-7-18-34-19(9-8-12-24(34)35)14-15-20(16-17-23-26(33)21-10-5-6-11-22(21)45-23)43-32-29(39)27(37)28(38)30(44-32)31(40)41/h3,5-7,10-11,14-15,19-20,27-30,32,37-39H,2,4,8-9,12-13,16-18H2,1H3,(H,40,41)/b7-3-,15-14+/t19-,20?,27?,28+,29?,30?,32-/m1/s1. The van der Waals surface area contributed by atoms with E-state index >= 15 is 0 Å². The van der Waals surface area contributed by atoms with Crippen LogP contribution in [0.3, 0.4) is 0 Å². The van der Waals surface area contributed by atoms with Gasteiger partial charge in [-0.2, -0.15) is 0 Å². The molecule has 7 atom stereocenters. The summed E-state index contributed by atoms with van der Waals surface area (Å²) in [7, 11) is 1.35. The number of hydrogen-bond donors (Lipinski definition) is 4. The van der Waals surface area contributed by atoms with Crippen molar-refractivity contribution in [2.45, 2.75) is 94.2 Å². The van der Waals surface area contributed by atoms with Crippen molar-refractivity contribution < 1.29 is 49.0 Å². The Hall–Kier alpha value is -2.84. The Labute approximate surface area is 270 Å². The largest absolute Gasteiger partial charge is 0.479 e. The molecule has 1 aromatic carbocycles. The van der Waals surface area contributed by atoms with E-state index in [1.54, 1.807) is 22.3 Å². The second kappa shape index (κ2) is 16.6. The highest BCUT2D eigenvalue weighted by atomic mass is 35.5. The molecule has 1 aromatic heterocycles. The van der Waals surface area contributed by atoms with Gasteiger partial charge in [0.05, 0.1) is 24.3 Å². The summed E-state index contributed by atoms with van der Waals surface area (Å²) < 4.78 is 17.1. The summed E-state index contributed by atoms with van der Waals surface area (Å²) in [6.07, 6.45) is 2.48. The average Bonchev–Trinajstić information content (AvgIpc) is 3.35. The minimum atomic E-state index is -1.83. The van der Waals surface area contributed by atoms with E-state index in [4.69, 9.17) is 21.1 Å². The summed E-state index contributed by atoms with van der Waals surface area (Å²) >= 11 is 8.22. The molecule has 45 heavy (non-hydrogen) atoms. The first kappa shape index (κ1) is 35.0. The van der Waals surface area contributed by atoms with Crippen LogP contribution in [-0.2, 0) is 35.0 Å². The maximum atomic E-state index is 12.8. The number of aliphatic hydroxyl groups is 3. The Morgan fingerprint density at radius 2 is 1.96 bits per heavy atom. The zero-order valence-electron chi connectivity index (χ0n) is 25.0. The van der Waals surface area contributed by atoms with Gasteiger partial charge in [-0.1, -0.05) is 54.1 Å². The van der Waals surface area contributed by atoms with Gasteiger partial charge in [0.15, 0.2) is 12.4 Å². The third-order valence-electron chi connectivity index (χ3n) is 7.99. The molecule has 2 aliphatic heterocycles. The number of carbonyl (C=O) groups excluding carboxylic acids is 2. The number of piperidine rings is 1. The van der Waals surface area contributed by atoms with E-state index < -0.39 is 42.8 Å². The Morgan fingerprint density at radius 3 is 2.69 bits per heavy atom. The van der Waals surface area contributed by atoms with Crippen LogP contribution in [0.4, 0.5) is 0 Å². The van der Waals surface area contributed by atoms with Crippen molar-refractivity contribution in [1.29, 1.82) is 0 Å². The fourth-order valence-electron chi connectivity index (χ4n) is 5.45. The normalized spacial score (nSPS) is 26.6. The number of likely N-dealkylation sites (tertiary alicyclic amines) is 1. The second-order valence-electron chi connectivity index (χ2n) is 11.1. The number of aliphatic carboxylic acids is 1. The lowest BCUT2D eigenvalue weighted by Gasteiger charge is -2.39. The van der Waals surface area contributed by atoms with E-state index in [1.165, 1.54) is 7.11 Å². The maximum Gasteiger partial charge on any atom is 0.335 e. The molecule has 0 saturated carbocycles. The van der Waals surface area contributed by atoms with Crippen molar-refractivity contribution in [3.8, 4) is 0 Å². The lowest BCUT2D eigenvalue weighted by molar-refractivity contribution is -0.300. The van der Waals surface area contributed by atoms with Crippen LogP contribution in [0.1, 0.15) is 49.8 Å². The fourth-order valence-corrected chi connectivity index (χ4v) is 7.00. The third-order valence-corrected chi connectivity index (χ3v) is 9.76. The van der Waals surface area contributed by atoms with E-state index in [-0.39, 0.29) is 17.9 Å². The quantitative estimate of drug-likeness (QED) is 0.133. The van der Waals surface area contributed by atoms with E-state index in [0.717, 1.165) is 21.4 Å². The molecule has 0 radical (unpaired) electrons. The van der Waals surface area contributed by atoms with Gasteiger partial charge in [0.25, 0.3) is 0 Å². The van der Waals surface area contributed by atoms with Crippen LogP contribution < -0.4 is 0 Å². The van der Waals surface area contributed by atoms with Gasteiger partial charge >= 0.3 is 11.9 Å². The predicted octanol–water partition coefficient (Wildman–Crippen LogP) is 3.60. The van der Waals surface area contributed by atoms with Crippen molar-refractivity contribution in [3.63, 3.8) is 0 Å². The van der Waals surface area contributed by atoms with E-state index in [1.807, 2.05) is 42.5 Å². The molecule has 3 heterocycles. The van der Waals surface area contributed by atoms with E-state index in [2.05, 4.69) is 4.74 Å². The number of aryl methyl sites for hydroxylation is 1. The number of carboxylic acids is 1. The third kappa shape index (κ3) is 9.13. The highest BCUT2D eigenvalue weighted by Crippen LogP contribution is 2.36. The smallest absolute Gasteiger partial charge is 0.335 e. The lowest BCUT2D eigenvalue weighted by Crippen LogP contribution is -2.60. The molecular weight excluding hydrogens is 626 g/mol. The van der Waals surface area contributed by atoms with Crippen molar-refractivity contribution in [2.24, 2.45) is 0 Å². The Morgan fingerprint density at radius 1 is 1.18 bits per heavy atom. The van der Waals surface area contributed by atoms with Crippen LogP contribution in [0.15, 0.2) is 48.6 Å². The molecule has 2 aliphatic rings. The van der Waals surface area contributed by atoms with Crippen LogP contribution in [0.2, 0.25) is 5.02 Å². The molecule has 4 N–H and O–H groups in total. The number of methoxy groups -OCH3 is 1. The number of aliphatic hydroxyl groups excluding tert-OH is 3. The molecule has 11 nitrogen and oxygen atoms in total. The van der Waals surface area contributed by atoms with Gasteiger partial charge in [0.2, 0.25) is 5.91 Å². The average molecular weight is 666 g/mol. The zero-order chi connectivity index (χ0) is 32.5. The summed E-state index contributed by atoms with van der Waals surface area (Å²) in [6.45, 7) is 0.393.